The zero-order chi connectivity index (χ0) is 13.4. The molecule has 0 fully saturated rings. The van der Waals surface area contributed by atoms with Gasteiger partial charge in [-0.25, -0.2) is 9.37 Å². The predicted octanol–water partition coefficient (Wildman–Crippen LogP) is 2.96. The average molecular weight is 256 g/mol. The summed E-state index contributed by atoms with van der Waals surface area (Å²) < 4.78 is 15.3. The van der Waals surface area contributed by atoms with Crippen molar-refractivity contribution in [3.63, 3.8) is 0 Å². The second-order valence-electron chi connectivity index (χ2n) is 4.40. The van der Waals surface area contributed by atoms with Crippen LogP contribution in [0.3, 0.4) is 0 Å². The smallest absolute Gasteiger partial charge is 0.142 e. The van der Waals surface area contributed by atoms with Crippen molar-refractivity contribution in [3.8, 4) is 11.4 Å². The number of aromatic nitrogens is 4. The summed E-state index contributed by atoms with van der Waals surface area (Å²) in [5, 5.41) is 7.89. The van der Waals surface area contributed by atoms with E-state index >= 15 is 0 Å². The predicted molar refractivity (Wildman–Crippen MR) is 71.1 cm³/mol. The first kappa shape index (κ1) is 11.8. The fourth-order valence-corrected chi connectivity index (χ4v) is 2.23. The molecule has 0 atom stereocenters. The van der Waals surface area contributed by atoms with Gasteiger partial charge in [0.1, 0.15) is 11.6 Å². The molecule has 1 aromatic carbocycles. The summed E-state index contributed by atoms with van der Waals surface area (Å²) in [6.07, 6.45) is 1.68. The zero-order valence-corrected chi connectivity index (χ0v) is 10.8. The van der Waals surface area contributed by atoms with Crippen molar-refractivity contribution < 1.29 is 4.39 Å². The standard InChI is InChI=1S/C14H13FN4/c1-3-19-13-7-11(15)4-5-12(13)17-14(19)10-6-9(2)18-16-8-10/h4-8H,3H2,1-2H3. The van der Waals surface area contributed by atoms with Gasteiger partial charge in [0.2, 0.25) is 0 Å². The van der Waals surface area contributed by atoms with Gasteiger partial charge in [-0.3, -0.25) is 0 Å². The minimum atomic E-state index is -0.252. The van der Waals surface area contributed by atoms with E-state index in [1.165, 1.54) is 12.1 Å². The summed E-state index contributed by atoms with van der Waals surface area (Å²) in [5.74, 6) is 0.541. The molecule has 19 heavy (non-hydrogen) atoms. The number of rotatable bonds is 2. The van der Waals surface area contributed by atoms with E-state index in [9.17, 15) is 4.39 Å². The quantitative estimate of drug-likeness (QED) is 0.708. The maximum Gasteiger partial charge on any atom is 0.142 e. The van der Waals surface area contributed by atoms with Crippen LogP contribution in [-0.4, -0.2) is 19.7 Å². The maximum absolute atomic E-state index is 13.4. The lowest BCUT2D eigenvalue weighted by atomic mass is 10.2. The first-order valence-corrected chi connectivity index (χ1v) is 6.14. The van der Waals surface area contributed by atoms with Gasteiger partial charge in [-0.15, -0.1) is 0 Å². The summed E-state index contributed by atoms with van der Waals surface area (Å²) in [5.41, 5.74) is 3.31. The molecule has 0 aliphatic carbocycles. The number of hydrogen-bond acceptors (Lipinski definition) is 3. The molecule has 3 rings (SSSR count). The lowest BCUT2D eigenvalue weighted by molar-refractivity contribution is 0.628. The normalized spacial score (nSPS) is 11.1. The Bertz CT molecular complexity index is 748. The van der Waals surface area contributed by atoms with E-state index < -0.39 is 0 Å². The van der Waals surface area contributed by atoms with E-state index in [4.69, 9.17) is 0 Å². The SMILES string of the molecule is CCn1c(-c2cnnc(C)c2)nc2ccc(F)cc21. The minimum absolute atomic E-state index is 0.252. The summed E-state index contributed by atoms with van der Waals surface area (Å²) in [7, 11) is 0. The van der Waals surface area contributed by atoms with Gasteiger partial charge >= 0.3 is 0 Å². The van der Waals surface area contributed by atoms with Gasteiger partial charge in [0, 0.05) is 12.1 Å². The van der Waals surface area contributed by atoms with E-state index in [0.717, 1.165) is 34.7 Å². The highest BCUT2D eigenvalue weighted by Crippen LogP contribution is 2.25. The number of fused-ring (bicyclic) bond motifs is 1. The molecule has 2 aromatic heterocycles. The molecular weight excluding hydrogens is 243 g/mol. The second kappa shape index (κ2) is 4.42. The summed E-state index contributed by atoms with van der Waals surface area (Å²) in [6, 6.07) is 6.56. The van der Waals surface area contributed by atoms with Gasteiger partial charge in [-0.2, -0.15) is 10.2 Å². The molecule has 0 N–H and O–H groups in total. The van der Waals surface area contributed by atoms with Gasteiger partial charge in [-0.05, 0) is 38.1 Å². The Morgan fingerprint density at radius 2 is 2.11 bits per heavy atom. The van der Waals surface area contributed by atoms with E-state index in [1.54, 1.807) is 12.3 Å². The first-order valence-electron chi connectivity index (χ1n) is 6.14. The van der Waals surface area contributed by atoms with Crippen LogP contribution < -0.4 is 0 Å². The third kappa shape index (κ3) is 1.97. The van der Waals surface area contributed by atoms with Crippen LogP contribution in [0.15, 0.2) is 30.5 Å². The maximum atomic E-state index is 13.4. The number of nitrogens with zero attached hydrogens (tertiary/aromatic N) is 4. The second-order valence-corrected chi connectivity index (χ2v) is 4.40. The lowest BCUT2D eigenvalue weighted by Crippen LogP contribution is -1.99. The molecule has 0 spiro atoms. The molecule has 0 unspecified atom stereocenters. The van der Waals surface area contributed by atoms with Crippen LogP contribution in [0.1, 0.15) is 12.6 Å². The summed E-state index contributed by atoms with van der Waals surface area (Å²) in [4.78, 5) is 4.56. The van der Waals surface area contributed by atoms with Crippen molar-refractivity contribution in [3.05, 3.63) is 42.0 Å². The van der Waals surface area contributed by atoms with Crippen molar-refractivity contribution >= 4 is 11.0 Å². The van der Waals surface area contributed by atoms with Gasteiger partial charge in [-0.1, -0.05) is 0 Å². The largest absolute Gasteiger partial charge is 0.324 e. The Morgan fingerprint density at radius 3 is 2.84 bits per heavy atom. The molecule has 0 bridgehead atoms. The summed E-state index contributed by atoms with van der Waals surface area (Å²) in [6.45, 7) is 4.61. The third-order valence-electron chi connectivity index (χ3n) is 3.06. The van der Waals surface area contributed by atoms with E-state index in [1.807, 2.05) is 24.5 Å². The van der Waals surface area contributed by atoms with Crippen LogP contribution in [0.4, 0.5) is 4.39 Å². The topological polar surface area (TPSA) is 43.6 Å². The van der Waals surface area contributed by atoms with Crippen molar-refractivity contribution in [2.45, 2.75) is 20.4 Å². The van der Waals surface area contributed by atoms with Crippen LogP contribution in [0.5, 0.6) is 0 Å². The highest BCUT2D eigenvalue weighted by molar-refractivity contribution is 5.80. The van der Waals surface area contributed by atoms with Crippen molar-refractivity contribution in [2.24, 2.45) is 0 Å². The molecular formula is C14H13FN4. The van der Waals surface area contributed by atoms with Crippen LogP contribution >= 0.6 is 0 Å². The van der Waals surface area contributed by atoms with Gasteiger partial charge < -0.3 is 4.57 Å². The molecule has 0 amide bonds. The van der Waals surface area contributed by atoms with E-state index in [-0.39, 0.29) is 5.82 Å². The molecule has 5 heteroatoms. The third-order valence-corrected chi connectivity index (χ3v) is 3.06. The highest BCUT2D eigenvalue weighted by Gasteiger charge is 2.12. The molecule has 0 saturated carbocycles. The Morgan fingerprint density at radius 1 is 1.26 bits per heavy atom. The number of benzene rings is 1. The molecule has 3 aromatic rings. The number of hydrogen-bond donors (Lipinski definition) is 0. The minimum Gasteiger partial charge on any atom is -0.324 e. The number of halogens is 1. The van der Waals surface area contributed by atoms with Crippen LogP contribution in [0.25, 0.3) is 22.4 Å². The molecule has 0 radical (unpaired) electrons. The van der Waals surface area contributed by atoms with Gasteiger partial charge in [0.15, 0.2) is 0 Å². The van der Waals surface area contributed by atoms with E-state index in [0.29, 0.717) is 0 Å². The number of imidazole rings is 1. The monoisotopic (exact) mass is 256 g/mol. The Balaban J connectivity index is 2.29. The molecule has 0 aliphatic rings. The zero-order valence-electron chi connectivity index (χ0n) is 10.8. The average Bonchev–Trinajstić information content (AvgIpc) is 2.76. The highest BCUT2D eigenvalue weighted by atomic mass is 19.1. The lowest BCUT2D eigenvalue weighted by Gasteiger charge is -2.05. The van der Waals surface area contributed by atoms with Gasteiger partial charge in [0.25, 0.3) is 0 Å². The molecule has 4 nitrogen and oxygen atoms in total. The fraction of sp³-hybridized carbons (Fsp3) is 0.214. The number of aryl methyl sites for hydroxylation is 2. The van der Waals surface area contributed by atoms with Crippen LogP contribution in [-0.2, 0) is 6.54 Å². The van der Waals surface area contributed by atoms with Crippen LogP contribution in [0, 0.1) is 12.7 Å². The van der Waals surface area contributed by atoms with Crippen molar-refractivity contribution in [2.75, 3.05) is 0 Å². The van der Waals surface area contributed by atoms with Gasteiger partial charge in [0.05, 0.1) is 22.9 Å². The molecule has 96 valence electrons. The molecule has 0 saturated heterocycles. The Hall–Kier alpha value is -2.30. The van der Waals surface area contributed by atoms with Crippen molar-refractivity contribution in [1.82, 2.24) is 19.7 Å². The summed E-state index contributed by atoms with van der Waals surface area (Å²) >= 11 is 0. The Labute approximate surface area is 109 Å². The van der Waals surface area contributed by atoms with Crippen molar-refractivity contribution in [1.29, 1.82) is 0 Å². The Kier molecular flexibility index (Phi) is 2.74. The first-order chi connectivity index (χ1) is 9.19. The fourth-order valence-electron chi connectivity index (χ4n) is 2.23. The molecule has 0 aliphatic heterocycles. The van der Waals surface area contributed by atoms with E-state index in [2.05, 4.69) is 15.2 Å². The van der Waals surface area contributed by atoms with Crippen LogP contribution in [0.2, 0.25) is 0 Å². The molecule has 2 heterocycles.